The average Bonchev–Trinajstić information content (AvgIpc) is 2.76. The molecule has 0 amide bonds. The van der Waals surface area contributed by atoms with E-state index in [1.54, 1.807) is 36.1 Å². The Balaban J connectivity index is 1.90. The lowest BCUT2D eigenvalue weighted by atomic mass is 9.84. The largest absolute Gasteiger partial charge is 0.497 e. The Hall–Kier alpha value is -4.05. The van der Waals surface area contributed by atoms with Crippen molar-refractivity contribution in [3.8, 4) is 17.6 Å². The van der Waals surface area contributed by atoms with E-state index in [0.29, 0.717) is 29.3 Å². The quantitative estimate of drug-likeness (QED) is 0.722. The van der Waals surface area contributed by atoms with E-state index in [4.69, 9.17) is 15.2 Å². The molecule has 1 aromatic carbocycles. The summed E-state index contributed by atoms with van der Waals surface area (Å²) in [5.74, 6) is 0.421. The van der Waals surface area contributed by atoms with Gasteiger partial charge in [0.1, 0.15) is 23.1 Å². The third-order valence-electron chi connectivity index (χ3n) is 5.19. The zero-order chi connectivity index (χ0) is 21.3. The minimum Gasteiger partial charge on any atom is -0.497 e. The van der Waals surface area contributed by atoms with E-state index in [0.717, 1.165) is 11.3 Å². The molecule has 1 atom stereocenters. The molecule has 1 aliphatic heterocycles. The van der Waals surface area contributed by atoms with Crippen molar-refractivity contribution in [3.05, 3.63) is 99.1 Å². The molecule has 4 rings (SSSR count). The summed E-state index contributed by atoms with van der Waals surface area (Å²) < 4.78 is 12.5. The molecule has 3 aromatic rings. The summed E-state index contributed by atoms with van der Waals surface area (Å²) in [6.45, 7) is 2.14. The number of pyridine rings is 2. The number of fused-ring (bicyclic) bond motifs is 1. The van der Waals surface area contributed by atoms with Gasteiger partial charge < -0.3 is 19.8 Å². The predicted octanol–water partition coefficient (Wildman–Crippen LogP) is 2.83. The lowest BCUT2D eigenvalue weighted by Gasteiger charge is -2.27. The van der Waals surface area contributed by atoms with Gasteiger partial charge >= 0.3 is 0 Å². The molecule has 2 aromatic heterocycles. The van der Waals surface area contributed by atoms with Crippen LogP contribution in [-0.4, -0.2) is 16.7 Å². The molecule has 1 aliphatic rings. The molecule has 0 fully saturated rings. The normalized spacial score (nSPS) is 15.2. The van der Waals surface area contributed by atoms with Gasteiger partial charge in [0.2, 0.25) is 5.88 Å². The van der Waals surface area contributed by atoms with Crippen LogP contribution in [0.25, 0.3) is 0 Å². The molecule has 0 bridgehead atoms. The van der Waals surface area contributed by atoms with Crippen LogP contribution in [0.4, 0.5) is 0 Å². The van der Waals surface area contributed by atoms with Gasteiger partial charge in [0, 0.05) is 18.0 Å². The van der Waals surface area contributed by atoms with Gasteiger partial charge in [-0.15, -0.1) is 0 Å². The molecule has 0 saturated heterocycles. The molecular weight excluding hydrogens is 380 g/mol. The zero-order valence-corrected chi connectivity index (χ0v) is 16.6. The van der Waals surface area contributed by atoms with Crippen LogP contribution in [-0.2, 0) is 6.54 Å². The first kappa shape index (κ1) is 19.3. The molecule has 0 spiro atoms. The van der Waals surface area contributed by atoms with Gasteiger partial charge in [0.05, 0.1) is 30.8 Å². The molecule has 1 unspecified atom stereocenters. The van der Waals surface area contributed by atoms with Gasteiger partial charge in [0.25, 0.3) is 5.56 Å². The van der Waals surface area contributed by atoms with Gasteiger partial charge in [-0.2, -0.15) is 5.26 Å². The van der Waals surface area contributed by atoms with Crippen molar-refractivity contribution in [1.82, 2.24) is 9.55 Å². The van der Waals surface area contributed by atoms with Crippen molar-refractivity contribution in [2.24, 2.45) is 5.73 Å². The standard InChI is InChI=1S/C23H20N4O3/c1-14-11-19-21(23(28)27(14)13-16-5-3-4-10-26-16)20(18(12-24)22(25)30-19)15-6-8-17(29-2)9-7-15/h3-11,20H,13,25H2,1-2H3. The number of allylic oxidation sites excluding steroid dienone is 1. The Morgan fingerprint density at radius 2 is 2.03 bits per heavy atom. The zero-order valence-electron chi connectivity index (χ0n) is 16.6. The van der Waals surface area contributed by atoms with Gasteiger partial charge in [-0.05, 0) is 36.8 Å². The highest BCUT2D eigenvalue weighted by molar-refractivity contribution is 5.55. The van der Waals surface area contributed by atoms with Crippen molar-refractivity contribution in [2.45, 2.75) is 19.4 Å². The van der Waals surface area contributed by atoms with Gasteiger partial charge in [-0.3, -0.25) is 9.78 Å². The van der Waals surface area contributed by atoms with Crippen LogP contribution >= 0.6 is 0 Å². The van der Waals surface area contributed by atoms with E-state index < -0.39 is 5.92 Å². The minimum absolute atomic E-state index is 0.00657. The topological polar surface area (TPSA) is 103 Å². The second-order valence-corrected chi connectivity index (χ2v) is 6.97. The monoisotopic (exact) mass is 400 g/mol. The Morgan fingerprint density at radius 3 is 2.67 bits per heavy atom. The second kappa shape index (κ2) is 7.76. The Labute approximate surface area is 173 Å². The summed E-state index contributed by atoms with van der Waals surface area (Å²) >= 11 is 0. The molecule has 150 valence electrons. The Morgan fingerprint density at radius 1 is 1.27 bits per heavy atom. The summed E-state index contributed by atoms with van der Waals surface area (Å²) in [4.78, 5) is 17.9. The number of rotatable bonds is 4. The number of hydrogen-bond acceptors (Lipinski definition) is 6. The second-order valence-electron chi connectivity index (χ2n) is 6.97. The Bertz CT molecular complexity index is 1220. The van der Waals surface area contributed by atoms with Crippen molar-refractivity contribution in [1.29, 1.82) is 5.26 Å². The van der Waals surface area contributed by atoms with E-state index in [1.165, 1.54) is 0 Å². The summed E-state index contributed by atoms with van der Waals surface area (Å²) in [6, 6.07) is 16.7. The van der Waals surface area contributed by atoms with Crippen molar-refractivity contribution < 1.29 is 9.47 Å². The first-order valence-electron chi connectivity index (χ1n) is 9.39. The number of aryl methyl sites for hydroxylation is 1. The summed E-state index contributed by atoms with van der Waals surface area (Å²) in [6.07, 6.45) is 1.69. The van der Waals surface area contributed by atoms with Gasteiger partial charge in [0.15, 0.2) is 0 Å². The van der Waals surface area contributed by atoms with Gasteiger partial charge in [-0.25, -0.2) is 0 Å². The summed E-state index contributed by atoms with van der Waals surface area (Å²) in [7, 11) is 1.58. The number of hydrogen-bond donors (Lipinski definition) is 1. The minimum atomic E-state index is -0.632. The van der Waals surface area contributed by atoms with Crippen molar-refractivity contribution >= 4 is 0 Å². The number of nitriles is 1. The molecule has 7 heteroatoms. The number of methoxy groups -OCH3 is 1. The average molecular weight is 400 g/mol. The number of nitrogens with two attached hydrogens (primary N) is 1. The molecule has 2 N–H and O–H groups in total. The SMILES string of the molecule is COc1ccc(C2C(C#N)=C(N)Oc3cc(C)n(Cc4ccccn4)c(=O)c32)cc1. The van der Waals surface area contributed by atoms with Gasteiger partial charge in [-0.1, -0.05) is 18.2 Å². The predicted molar refractivity (Wildman–Crippen MR) is 111 cm³/mol. The molecule has 0 saturated carbocycles. The molecule has 0 aliphatic carbocycles. The maximum Gasteiger partial charge on any atom is 0.259 e. The maximum atomic E-state index is 13.6. The van der Waals surface area contributed by atoms with Crippen LogP contribution in [0.5, 0.6) is 11.5 Å². The van der Waals surface area contributed by atoms with Crippen LogP contribution in [0.3, 0.4) is 0 Å². The highest BCUT2D eigenvalue weighted by Crippen LogP contribution is 2.40. The molecule has 0 radical (unpaired) electrons. The fraction of sp³-hybridized carbons (Fsp3) is 0.174. The first-order valence-corrected chi connectivity index (χ1v) is 9.39. The lowest BCUT2D eigenvalue weighted by molar-refractivity contribution is 0.388. The molecular formula is C23H20N4O3. The summed E-state index contributed by atoms with van der Waals surface area (Å²) in [5, 5.41) is 9.76. The van der Waals surface area contributed by atoms with Crippen molar-refractivity contribution in [3.63, 3.8) is 0 Å². The number of ether oxygens (including phenoxy) is 2. The van der Waals surface area contributed by atoms with Crippen LogP contribution < -0.4 is 20.8 Å². The fourth-order valence-corrected chi connectivity index (χ4v) is 3.67. The van der Waals surface area contributed by atoms with E-state index in [-0.39, 0.29) is 17.0 Å². The molecule has 3 heterocycles. The smallest absolute Gasteiger partial charge is 0.259 e. The molecule has 7 nitrogen and oxygen atoms in total. The van der Waals surface area contributed by atoms with Crippen LogP contribution in [0, 0.1) is 18.3 Å². The van der Waals surface area contributed by atoms with Crippen LogP contribution in [0.1, 0.15) is 28.4 Å². The van der Waals surface area contributed by atoms with E-state index in [9.17, 15) is 10.1 Å². The third-order valence-corrected chi connectivity index (χ3v) is 5.19. The lowest BCUT2D eigenvalue weighted by Crippen LogP contribution is -2.33. The van der Waals surface area contributed by atoms with Crippen LogP contribution in [0.2, 0.25) is 0 Å². The number of benzene rings is 1. The highest BCUT2D eigenvalue weighted by atomic mass is 16.5. The van der Waals surface area contributed by atoms with E-state index in [2.05, 4.69) is 11.1 Å². The van der Waals surface area contributed by atoms with Crippen molar-refractivity contribution in [2.75, 3.05) is 7.11 Å². The highest BCUT2D eigenvalue weighted by Gasteiger charge is 2.34. The number of nitrogens with zero attached hydrogens (tertiary/aromatic N) is 3. The number of aromatic nitrogens is 2. The summed E-state index contributed by atoms with van der Waals surface area (Å²) in [5.41, 5.74) is 8.62. The third kappa shape index (κ3) is 3.29. The first-order chi connectivity index (χ1) is 14.5. The molecule has 30 heavy (non-hydrogen) atoms. The van der Waals surface area contributed by atoms with E-state index in [1.807, 2.05) is 37.3 Å². The van der Waals surface area contributed by atoms with E-state index >= 15 is 0 Å². The Kier molecular flexibility index (Phi) is 4.98. The maximum absolute atomic E-state index is 13.6. The van der Waals surface area contributed by atoms with Crippen LogP contribution in [0.15, 0.2) is 71.0 Å². The fourth-order valence-electron chi connectivity index (χ4n) is 3.67.